The van der Waals surface area contributed by atoms with Crippen molar-refractivity contribution in [3.63, 3.8) is 0 Å². The number of rotatable bonds is 4. The Labute approximate surface area is 163 Å². The number of aliphatic carboxylic acids is 1. The molecule has 2 fully saturated rings. The number of piperidine rings is 1. The largest absolute Gasteiger partial charge is 0.481 e. The Hall–Kier alpha value is -2.82. The van der Waals surface area contributed by atoms with E-state index in [9.17, 15) is 32.7 Å². The molecule has 1 aromatic rings. The Morgan fingerprint density at radius 1 is 1.17 bits per heavy atom. The Kier molecular flexibility index (Phi) is 5.44. The van der Waals surface area contributed by atoms with Gasteiger partial charge in [0.25, 0.3) is 0 Å². The van der Waals surface area contributed by atoms with Gasteiger partial charge in [0, 0.05) is 37.4 Å². The summed E-state index contributed by atoms with van der Waals surface area (Å²) in [6, 6.07) is 2.71. The highest BCUT2D eigenvalue weighted by Gasteiger charge is 2.39. The maximum absolute atomic E-state index is 13.7. The minimum Gasteiger partial charge on any atom is -0.481 e. The first-order valence-electron chi connectivity index (χ1n) is 9.00. The standard InChI is InChI=1S/C18H20F3N3O5/c19-18(20,21)12-9-11(24-6-3-14(25)22-16(24)28)1-2-13(12)23-7-4-17(29,5-8-23)10-15(26)27/h1-2,9,29H,3-8,10H2,(H,26,27)(H,22,25,28). The van der Waals surface area contributed by atoms with Crippen LogP contribution in [0.1, 0.15) is 31.2 Å². The average molecular weight is 415 g/mol. The van der Waals surface area contributed by atoms with Crippen LogP contribution in [0.15, 0.2) is 18.2 Å². The maximum Gasteiger partial charge on any atom is 0.418 e. The molecule has 0 unspecified atom stereocenters. The zero-order chi connectivity index (χ0) is 21.4. The Bertz CT molecular complexity index is 835. The third-order valence-electron chi connectivity index (χ3n) is 5.17. The van der Waals surface area contributed by atoms with Gasteiger partial charge in [-0.2, -0.15) is 13.2 Å². The molecule has 3 rings (SSSR count). The van der Waals surface area contributed by atoms with Crippen LogP contribution in [-0.4, -0.2) is 53.4 Å². The van der Waals surface area contributed by atoms with Crippen LogP contribution in [0.2, 0.25) is 0 Å². The number of amides is 3. The van der Waals surface area contributed by atoms with E-state index in [0.29, 0.717) is 0 Å². The second-order valence-corrected chi connectivity index (χ2v) is 7.24. The van der Waals surface area contributed by atoms with E-state index in [4.69, 9.17) is 5.11 Å². The monoisotopic (exact) mass is 415 g/mol. The van der Waals surface area contributed by atoms with Gasteiger partial charge in [-0.3, -0.25) is 19.8 Å². The summed E-state index contributed by atoms with van der Waals surface area (Å²) in [7, 11) is 0. The quantitative estimate of drug-likeness (QED) is 0.694. The zero-order valence-corrected chi connectivity index (χ0v) is 15.3. The van der Waals surface area contributed by atoms with E-state index in [1.807, 2.05) is 0 Å². The van der Waals surface area contributed by atoms with Gasteiger partial charge in [0.1, 0.15) is 0 Å². The van der Waals surface area contributed by atoms with Gasteiger partial charge in [0.05, 0.1) is 17.6 Å². The SMILES string of the molecule is O=C(O)CC1(O)CCN(c2ccc(N3CCC(=O)NC3=O)cc2C(F)(F)F)CC1. The van der Waals surface area contributed by atoms with Crippen LogP contribution in [0.25, 0.3) is 0 Å². The number of halogens is 3. The summed E-state index contributed by atoms with van der Waals surface area (Å²) in [5.74, 6) is -1.65. The lowest BCUT2D eigenvalue weighted by Gasteiger charge is -2.39. The summed E-state index contributed by atoms with van der Waals surface area (Å²) in [5, 5.41) is 21.2. The second kappa shape index (κ2) is 7.54. The molecule has 8 nitrogen and oxygen atoms in total. The van der Waals surface area contributed by atoms with Crippen LogP contribution in [-0.2, 0) is 15.8 Å². The van der Waals surface area contributed by atoms with Gasteiger partial charge in [-0.15, -0.1) is 0 Å². The summed E-state index contributed by atoms with van der Waals surface area (Å²) in [4.78, 5) is 36.6. The molecule has 158 valence electrons. The first-order chi connectivity index (χ1) is 13.5. The molecule has 29 heavy (non-hydrogen) atoms. The summed E-state index contributed by atoms with van der Waals surface area (Å²) >= 11 is 0. The van der Waals surface area contributed by atoms with Crippen molar-refractivity contribution >= 4 is 29.3 Å². The predicted molar refractivity (Wildman–Crippen MR) is 95.6 cm³/mol. The lowest BCUT2D eigenvalue weighted by molar-refractivity contribution is -0.143. The number of urea groups is 1. The van der Waals surface area contributed by atoms with Crippen LogP contribution in [0.5, 0.6) is 0 Å². The molecule has 3 amide bonds. The summed E-state index contributed by atoms with van der Waals surface area (Å²) in [5.41, 5.74) is -2.47. The molecule has 2 aliphatic heterocycles. The van der Waals surface area contributed by atoms with Gasteiger partial charge < -0.3 is 15.1 Å². The minimum absolute atomic E-state index is 0.0108. The molecule has 0 aliphatic carbocycles. The number of hydrogen-bond donors (Lipinski definition) is 3. The molecule has 0 atom stereocenters. The Morgan fingerprint density at radius 2 is 1.83 bits per heavy atom. The second-order valence-electron chi connectivity index (χ2n) is 7.24. The number of benzene rings is 1. The Morgan fingerprint density at radius 3 is 2.38 bits per heavy atom. The van der Waals surface area contributed by atoms with Crippen molar-refractivity contribution in [1.29, 1.82) is 0 Å². The molecule has 3 N–H and O–H groups in total. The van der Waals surface area contributed by atoms with E-state index in [0.717, 1.165) is 11.0 Å². The van der Waals surface area contributed by atoms with Crippen molar-refractivity contribution in [2.24, 2.45) is 0 Å². The number of imide groups is 1. The molecule has 0 spiro atoms. The van der Waals surface area contributed by atoms with Crippen LogP contribution in [0.3, 0.4) is 0 Å². The average Bonchev–Trinajstić information content (AvgIpc) is 2.60. The normalized spacial score (nSPS) is 19.9. The smallest absolute Gasteiger partial charge is 0.418 e. The maximum atomic E-state index is 13.7. The number of nitrogens with one attached hydrogen (secondary N) is 1. The number of carbonyl (C=O) groups excluding carboxylic acids is 2. The van der Waals surface area contributed by atoms with Crippen molar-refractivity contribution in [1.82, 2.24) is 5.32 Å². The van der Waals surface area contributed by atoms with Crippen molar-refractivity contribution in [3.8, 4) is 0 Å². The van der Waals surface area contributed by atoms with E-state index in [-0.39, 0.29) is 50.3 Å². The van der Waals surface area contributed by atoms with Gasteiger partial charge in [0.15, 0.2) is 0 Å². The summed E-state index contributed by atoms with van der Waals surface area (Å²) in [6.07, 6.45) is -5.12. The van der Waals surface area contributed by atoms with E-state index < -0.39 is 41.7 Å². The van der Waals surface area contributed by atoms with E-state index >= 15 is 0 Å². The number of alkyl halides is 3. The fraction of sp³-hybridized carbons (Fsp3) is 0.500. The fourth-order valence-corrected chi connectivity index (χ4v) is 3.63. The van der Waals surface area contributed by atoms with Gasteiger partial charge in [-0.25, -0.2) is 4.79 Å². The van der Waals surface area contributed by atoms with Crippen molar-refractivity contribution in [3.05, 3.63) is 23.8 Å². The van der Waals surface area contributed by atoms with Gasteiger partial charge in [-0.1, -0.05) is 0 Å². The number of aliphatic hydroxyl groups is 1. The van der Waals surface area contributed by atoms with Crippen molar-refractivity contribution in [2.75, 3.05) is 29.4 Å². The molecule has 0 saturated carbocycles. The number of hydrogen-bond acceptors (Lipinski definition) is 5. The van der Waals surface area contributed by atoms with E-state index in [2.05, 4.69) is 5.32 Å². The first kappa shape index (κ1) is 20.9. The molecule has 0 aromatic heterocycles. The fourth-order valence-electron chi connectivity index (χ4n) is 3.63. The predicted octanol–water partition coefficient (Wildman–Crippen LogP) is 1.96. The Balaban J connectivity index is 1.85. The minimum atomic E-state index is -4.69. The summed E-state index contributed by atoms with van der Waals surface area (Å²) < 4.78 is 41.1. The molecule has 0 radical (unpaired) electrons. The molecular weight excluding hydrogens is 395 g/mol. The number of carboxylic acids is 1. The number of anilines is 2. The molecule has 2 aliphatic rings. The first-order valence-corrected chi connectivity index (χ1v) is 9.00. The molecule has 2 heterocycles. The highest BCUT2D eigenvalue weighted by atomic mass is 19.4. The van der Waals surface area contributed by atoms with Crippen LogP contribution in [0.4, 0.5) is 29.3 Å². The van der Waals surface area contributed by atoms with Crippen LogP contribution in [0, 0.1) is 0 Å². The van der Waals surface area contributed by atoms with Crippen LogP contribution >= 0.6 is 0 Å². The highest BCUT2D eigenvalue weighted by molar-refractivity contribution is 6.05. The molecule has 11 heteroatoms. The molecular formula is C18H20F3N3O5. The van der Waals surface area contributed by atoms with E-state index in [1.165, 1.54) is 17.0 Å². The summed E-state index contributed by atoms with van der Waals surface area (Å²) in [6.45, 7) is 0.100. The van der Waals surface area contributed by atoms with Crippen LogP contribution < -0.4 is 15.1 Å². The lowest BCUT2D eigenvalue weighted by atomic mass is 9.88. The van der Waals surface area contributed by atoms with Gasteiger partial charge in [-0.05, 0) is 31.0 Å². The number of carboxylic acid groups (broad SMARTS) is 1. The molecule has 2 saturated heterocycles. The topological polar surface area (TPSA) is 110 Å². The number of nitrogens with zero attached hydrogens (tertiary/aromatic N) is 2. The molecule has 0 bridgehead atoms. The van der Waals surface area contributed by atoms with E-state index in [1.54, 1.807) is 0 Å². The van der Waals surface area contributed by atoms with Gasteiger partial charge >= 0.3 is 18.2 Å². The highest BCUT2D eigenvalue weighted by Crippen LogP contribution is 2.41. The third-order valence-corrected chi connectivity index (χ3v) is 5.17. The zero-order valence-electron chi connectivity index (χ0n) is 15.3. The van der Waals surface area contributed by atoms with Crippen molar-refractivity contribution < 1.29 is 37.8 Å². The lowest BCUT2D eigenvalue weighted by Crippen LogP contribution is -2.49. The van der Waals surface area contributed by atoms with Crippen molar-refractivity contribution in [2.45, 2.75) is 37.5 Å². The molecule has 1 aromatic carbocycles. The van der Waals surface area contributed by atoms with Gasteiger partial charge in [0.2, 0.25) is 5.91 Å². The third kappa shape index (κ3) is 4.61. The number of carbonyl (C=O) groups is 3.